The molecule has 0 saturated carbocycles. The molecule has 0 radical (unpaired) electrons. The monoisotopic (exact) mass is 338 g/mol. The number of benzene rings is 2. The number of aryl methyl sites for hydroxylation is 1. The molecule has 25 heavy (non-hydrogen) atoms. The second kappa shape index (κ2) is 6.96. The van der Waals surface area contributed by atoms with Crippen molar-refractivity contribution in [3.63, 3.8) is 0 Å². The van der Waals surface area contributed by atoms with E-state index in [0.29, 0.717) is 18.0 Å². The highest BCUT2D eigenvalue weighted by atomic mass is 19.1. The van der Waals surface area contributed by atoms with Gasteiger partial charge in [-0.25, -0.2) is 4.39 Å². The van der Waals surface area contributed by atoms with E-state index >= 15 is 0 Å². The summed E-state index contributed by atoms with van der Waals surface area (Å²) >= 11 is 0. The first kappa shape index (κ1) is 16.3. The molecule has 0 unspecified atom stereocenters. The highest BCUT2D eigenvalue weighted by molar-refractivity contribution is 5.96. The van der Waals surface area contributed by atoms with E-state index in [4.69, 9.17) is 0 Å². The molecule has 2 aliphatic rings. The molecule has 4 heteroatoms. The summed E-state index contributed by atoms with van der Waals surface area (Å²) in [5.74, 6) is -0.207. The van der Waals surface area contributed by atoms with Crippen molar-refractivity contribution in [2.45, 2.75) is 25.3 Å². The first-order valence-electron chi connectivity index (χ1n) is 9.06. The van der Waals surface area contributed by atoms with Gasteiger partial charge in [-0.15, -0.1) is 0 Å². The number of piperazine rings is 1. The first-order chi connectivity index (χ1) is 12.2. The van der Waals surface area contributed by atoms with Gasteiger partial charge in [0, 0.05) is 49.9 Å². The number of Topliss-reactive ketones (excluding diaryl/α,β-unsaturated/α-hetero) is 1. The van der Waals surface area contributed by atoms with Crippen molar-refractivity contribution in [1.82, 2.24) is 4.90 Å². The zero-order valence-electron chi connectivity index (χ0n) is 14.3. The fourth-order valence-corrected chi connectivity index (χ4v) is 4.05. The summed E-state index contributed by atoms with van der Waals surface area (Å²) < 4.78 is 13.0. The number of hydrogen-bond acceptors (Lipinski definition) is 3. The molecule has 0 amide bonds. The topological polar surface area (TPSA) is 23.6 Å². The maximum atomic E-state index is 13.0. The minimum Gasteiger partial charge on any atom is -0.366 e. The van der Waals surface area contributed by atoms with Gasteiger partial charge in [0.05, 0.1) is 0 Å². The summed E-state index contributed by atoms with van der Waals surface area (Å²) in [5.41, 5.74) is 3.45. The maximum absolute atomic E-state index is 13.0. The molecule has 2 aromatic carbocycles. The fraction of sp³-hybridized carbons (Fsp3) is 0.381. The van der Waals surface area contributed by atoms with Crippen LogP contribution in [0.2, 0.25) is 0 Å². The van der Waals surface area contributed by atoms with Crippen LogP contribution in [0.1, 0.15) is 28.8 Å². The molecule has 0 aromatic heterocycles. The zero-order chi connectivity index (χ0) is 17.2. The van der Waals surface area contributed by atoms with Crippen LogP contribution >= 0.6 is 0 Å². The van der Waals surface area contributed by atoms with Gasteiger partial charge in [-0.2, -0.15) is 0 Å². The fourth-order valence-electron chi connectivity index (χ4n) is 4.05. The van der Waals surface area contributed by atoms with Crippen molar-refractivity contribution in [1.29, 1.82) is 0 Å². The van der Waals surface area contributed by atoms with E-state index in [1.165, 1.54) is 29.8 Å². The van der Waals surface area contributed by atoms with Crippen LogP contribution in [0.4, 0.5) is 10.1 Å². The normalized spacial score (nSPS) is 20.0. The van der Waals surface area contributed by atoms with Crippen LogP contribution in [0.5, 0.6) is 0 Å². The number of nitrogens with zero attached hydrogens (tertiary/aromatic N) is 2. The Hall–Kier alpha value is -2.20. The number of rotatable bonds is 4. The Morgan fingerprint density at radius 1 is 1.08 bits per heavy atom. The smallest absolute Gasteiger partial charge is 0.164 e. The summed E-state index contributed by atoms with van der Waals surface area (Å²) in [5, 5.41) is 0. The Kier molecular flexibility index (Phi) is 4.53. The van der Waals surface area contributed by atoms with Crippen molar-refractivity contribution in [3.8, 4) is 0 Å². The van der Waals surface area contributed by atoms with Gasteiger partial charge in [0.1, 0.15) is 5.82 Å². The molecule has 4 rings (SSSR count). The number of ketones is 1. The lowest BCUT2D eigenvalue weighted by molar-refractivity contribution is 0.0957. The Bertz CT molecular complexity index is 759. The third-order valence-electron chi connectivity index (χ3n) is 5.44. The number of hydrogen-bond donors (Lipinski definition) is 0. The van der Waals surface area contributed by atoms with Gasteiger partial charge in [-0.05, 0) is 48.7 Å². The molecule has 130 valence electrons. The van der Waals surface area contributed by atoms with Crippen molar-refractivity contribution >= 4 is 11.5 Å². The molecular weight excluding hydrogens is 315 g/mol. The van der Waals surface area contributed by atoms with E-state index in [9.17, 15) is 9.18 Å². The number of halogens is 1. The van der Waals surface area contributed by atoms with Gasteiger partial charge in [-0.1, -0.05) is 18.2 Å². The lowest BCUT2D eigenvalue weighted by atomic mass is 9.94. The second-order valence-electron chi connectivity index (χ2n) is 7.00. The highest BCUT2D eigenvalue weighted by Crippen LogP contribution is 2.32. The average Bonchev–Trinajstić information content (AvgIpc) is 2.66. The lowest BCUT2D eigenvalue weighted by Crippen LogP contribution is -2.55. The van der Waals surface area contributed by atoms with Crippen LogP contribution in [0.15, 0.2) is 48.5 Å². The maximum Gasteiger partial charge on any atom is 0.164 e. The predicted octanol–water partition coefficient (Wildman–Crippen LogP) is 3.54. The number of carbonyl (C=O) groups excluding carboxylic acids is 1. The zero-order valence-corrected chi connectivity index (χ0v) is 14.3. The van der Waals surface area contributed by atoms with Gasteiger partial charge < -0.3 is 4.90 Å². The van der Waals surface area contributed by atoms with E-state index in [0.717, 1.165) is 32.6 Å². The highest BCUT2D eigenvalue weighted by Gasteiger charge is 2.31. The lowest BCUT2D eigenvalue weighted by Gasteiger charge is -2.46. The number of carbonyl (C=O) groups is 1. The molecule has 1 saturated heterocycles. The van der Waals surface area contributed by atoms with Crippen LogP contribution in [-0.2, 0) is 6.42 Å². The largest absolute Gasteiger partial charge is 0.366 e. The second-order valence-corrected chi connectivity index (χ2v) is 7.00. The summed E-state index contributed by atoms with van der Waals surface area (Å²) in [7, 11) is 0. The SMILES string of the molecule is O=C(CCN1CCN2c3ccccc3CC[C@H]2C1)c1ccc(F)cc1. The molecule has 1 fully saturated rings. The van der Waals surface area contributed by atoms with Crippen molar-refractivity contribution in [2.75, 3.05) is 31.1 Å². The molecule has 2 aromatic rings. The standard InChI is InChI=1S/C21H23FN2O/c22-18-8-5-17(6-9-18)21(25)11-12-23-13-14-24-19(15-23)10-7-16-3-1-2-4-20(16)24/h1-6,8-9,19H,7,10-15H2/t19-/m0/s1. The molecule has 0 bridgehead atoms. The molecule has 0 spiro atoms. The van der Waals surface area contributed by atoms with E-state index in [-0.39, 0.29) is 11.6 Å². The van der Waals surface area contributed by atoms with Gasteiger partial charge >= 0.3 is 0 Å². The Morgan fingerprint density at radius 2 is 1.88 bits per heavy atom. The molecule has 3 nitrogen and oxygen atoms in total. The van der Waals surface area contributed by atoms with Crippen LogP contribution in [-0.4, -0.2) is 42.9 Å². The molecule has 2 aliphatic heterocycles. The van der Waals surface area contributed by atoms with Crippen molar-refractivity contribution in [3.05, 3.63) is 65.5 Å². The van der Waals surface area contributed by atoms with Crippen LogP contribution < -0.4 is 4.90 Å². The molecular formula is C21H23FN2O. The van der Waals surface area contributed by atoms with Gasteiger partial charge in [0.2, 0.25) is 0 Å². The predicted molar refractivity (Wildman–Crippen MR) is 97.7 cm³/mol. The van der Waals surface area contributed by atoms with E-state index in [2.05, 4.69) is 34.1 Å². The Labute approximate surface area is 148 Å². The summed E-state index contributed by atoms with van der Waals surface area (Å²) in [6.07, 6.45) is 2.81. The van der Waals surface area contributed by atoms with E-state index < -0.39 is 0 Å². The quantitative estimate of drug-likeness (QED) is 0.797. The summed E-state index contributed by atoms with van der Waals surface area (Å²) in [6, 6.07) is 15.1. The number of para-hydroxylation sites is 1. The van der Waals surface area contributed by atoms with E-state index in [1.54, 1.807) is 12.1 Å². The third-order valence-corrected chi connectivity index (χ3v) is 5.44. The number of anilines is 1. The summed E-state index contributed by atoms with van der Waals surface area (Å²) in [6.45, 7) is 3.81. The van der Waals surface area contributed by atoms with Gasteiger partial charge in [0.15, 0.2) is 5.78 Å². The summed E-state index contributed by atoms with van der Waals surface area (Å²) in [4.78, 5) is 17.2. The Balaban J connectivity index is 1.34. The molecule has 2 heterocycles. The minimum absolute atomic E-state index is 0.0939. The van der Waals surface area contributed by atoms with Crippen LogP contribution in [0.25, 0.3) is 0 Å². The molecule has 1 atom stereocenters. The van der Waals surface area contributed by atoms with Gasteiger partial charge in [-0.3, -0.25) is 9.69 Å². The van der Waals surface area contributed by atoms with Gasteiger partial charge in [0.25, 0.3) is 0 Å². The molecule has 0 N–H and O–H groups in total. The van der Waals surface area contributed by atoms with Crippen LogP contribution in [0.3, 0.4) is 0 Å². The Morgan fingerprint density at radius 3 is 2.72 bits per heavy atom. The van der Waals surface area contributed by atoms with Crippen molar-refractivity contribution < 1.29 is 9.18 Å². The molecule has 0 aliphatic carbocycles. The first-order valence-corrected chi connectivity index (χ1v) is 9.06. The number of fused-ring (bicyclic) bond motifs is 3. The third kappa shape index (κ3) is 3.45. The minimum atomic E-state index is -0.301. The average molecular weight is 338 g/mol. The van der Waals surface area contributed by atoms with Crippen molar-refractivity contribution in [2.24, 2.45) is 0 Å². The van der Waals surface area contributed by atoms with E-state index in [1.807, 2.05) is 0 Å². The van der Waals surface area contributed by atoms with Crippen LogP contribution in [0, 0.1) is 5.82 Å².